The maximum absolute atomic E-state index is 15.2. The van der Waals surface area contributed by atoms with Crippen molar-refractivity contribution >= 4 is 23.7 Å². The fraction of sp³-hybridized carbons (Fsp3) is 0.364. The minimum absolute atomic E-state index is 0.205. The van der Waals surface area contributed by atoms with Gasteiger partial charge in [-0.25, -0.2) is 0 Å². The van der Waals surface area contributed by atoms with E-state index in [0.717, 1.165) is 33.4 Å². The zero-order chi connectivity index (χ0) is 29.0. The second kappa shape index (κ2) is 10.2. The van der Waals surface area contributed by atoms with E-state index < -0.39 is 23.7 Å². The first kappa shape index (κ1) is 29.5. The predicted octanol–water partition coefficient (Wildman–Crippen LogP) is 8.57. The molecule has 5 heteroatoms. The van der Waals surface area contributed by atoms with E-state index in [4.69, 9.17) is 0 Å². The van der Waals surface area contributed by atoms with E-state index >= 15 is 4.57 Å². The van der Waals surface area contributed by atoms with Crippen LogP contribution in [0.15, 0.2) is 18.2 Å². The second-order valence-electron chi connectivity index (χ2n) is 10.9. The number of hydrogen-bond acceptors (Lipinski definition) is 4. The molecule has 0 unspecified atom stereocenters. The van der Waals surface area contributed by atoms with Crippen LogP contribution in [0.4, 0.5) is 0 Å². The van der Waals surface area contributed by atoms with Gasteiger partial charge in [-0.1, -0.05) is 18.2 Å². The highest BCUT2D eigenvalue weighted by molar-refractivity contribution is 8.07. The summed E-state index contributed by atoms with van der Waals surface area (Å²) < 4.78 is 15.2. The molecule has 0 heterocycles. The lowest BCUT2D eigenvalue weighted by atomic mass is 9.95. The molecule has 3 aromatic rings. The van der Waals surface area contributed by atoms with Crippen molar-refractivity contribution in [1.82, 2.24) is 0 Å². The minimum atomic E-state index is -4.84. The summed E-state index contributed by atoms with van der Waals surface area (Å²) in [6.45, 7) is 22.2. The largest absolute Gasteiger partial charge is 0.298 e. The van der Waals surface area contributed by atoms with Crippen LogP contribution in [-0.4, -0.2) is 16.6 Å². The van der Waals surface area contributed by atoms with E-state index in [2.05, 4.69) is 0 Å². The molecule has 0 saturated heterocycles. The molecule has 0 aliphatic heterocycles. The number of rotatable bonds is 6. The molecule has 200 valence electrons. The third-order valence-electron chi connectivity index (χ3n) is 8.57. The van der Waals surface area contributed by atoms with Crippen molar-refractivity contribution in [2.45, 2.75) is 83.1 Å². The number of carbonyl (C=O) groups is 3. The van der Waals surface area contributed by atoms with Gasteiger partial charge in [-0.15, -0.1) is 0 Å². The first-order valence-corrected chi connectivity index (χ1v) is 14.7. The van der Waals surface area contributed by atoms with Gasteiger partial charge < -0.3 is 0 Å². The van der Waals surface area contributed by atoms with Gasteiger partial charge in [0.05, 0.1) is 0 Å². The number of carbonyl (C=O) groups excluding carboxylic acids is 3. The number of benzene rings is 3. The van der Waals surface area contributed by atoms with Crippen LogP contribution in [0.5, 0.6) is 0 Å². The Morgan fingerprint density at radius 3 is 0.816 bits per heavy atom. The maximum atomic E-state index is 15.2. The Hall–Kier alpha value is -3.10. The molecule has 38 heavy (non-hydrogen) atoms. The van der Waals surface area contributed by atoms with Crippen LogP contribution in [0.3, 0.4) is 0 Å². The molecule has 0 atom stereocenters. The minimum Gasteiger partial charge on any atom is -0.298 e. The summed E-state index contributed by atoms with van der Waals surface area (Å²) in [6, 6.07) is 5.57. The van der Waals surface area contributed by atoms with Crippen molar-refractivity contribution in [3.05, 3.63) is 102 Å². The fourth-order valence-corrected chi connectivity index (χ4v) is 8.12. The molecule has 0 aliphatic carbocycles. The molecule has 0 aromatic heterocycles. The van der Waals surface area contributed by atoms with Gasteiger partial charge in [0, 0.05) is 16.7 Å². The molecular formula is C33H39O4P. The normalized spacial score (nSPS) is 11.6. The van der Waals surface area contributed by atoms with Gasteiger partial charge in [-0.2, -0.15) is 0 Å². The Labute approximate surface area is 227 Å². The first-order chi connectivity index (χ1) is 17.5. The summed E-state index contributed by atoms with van der Waals surface area (Å²) in [7, 11) is -4.84. The predicted molar refractivity (Wildman–Crippen MR) is 157 cm³/mol. The summed E-state index contributed by atoms with van der Waals surface area (Å²) in [5.74, 6) is 0. The molecule has 0 N–H and O–H groups in total. The number of aryl methyl sites for hydroxylation is 6. The van der Waals surface area contributed by atoms with Crippen molar-refractivity contribution in [1.29, 1.82) is 0 Å². The average molecular weight is 531 g/mol. The van der Waals surface area contributed by atoms with Crippen LogP contribution in [0.25, 0.3) is 0 Å². The SMILES string of the molecule is Cc1cc(C)c(C(=O)P(=O)(C(=O)c2c(C)cc(C)c(C)c2C)C(=O)c2c(C)cc(C)c(C)c2C)c(C)c1C. The third kappa shape index (κ3) is 4.43. The Morgan fingerprint density at radius 1 is 0.395 bits per heavy atom. The highest BCUT2D eigenvalue weighted by Crippen LogP contribution is 2.57. The van der Waals surface area contributed by atoms with Gasteiger partial charge in [0.2, 0.25) is 16.6 Å². The highest BCUT2D eigenvalue weighted by Gasteiger charge is 2.50. The zero-order valence-corrected chi connectivity index (χ0v) is 25.7. The second-order valence-corrected chi connectivity index (χ2v) is 13.4. The summed E-state index contributed by atoms with van der Waals surface area (Å²) in [5.41, 5.74) is 7.37. The third-order valence-corrected chi connectivity index (χ3v) is 11.0. The van der Waals surface area contributed by atoms with Crippen LogP contribution in [0.2, 0.25) is 0 Å². The maximum Gasteiger partial charge on any atom is 0.287 e. The fourth-order valence-electron chi connectivity index (χ4n) is 5.59. The molecule has 3 rings (SSSR count). The quantitative estimate of drug-likeness (QED) is 0.299. The smallest absolute Gasteiger partial charge is 0.287 e. The summed E-state index contributed by atoms with van der Waals surface area (Å²) in [6.07, 6.45) is 0. The molecular weight excluding hydrogens is 491 g/mol. The Kier molecular flexibility index (Phi) is 7.93. The highest BCUT2D eigenvalue weighted by atomic mass is 31.2. The van der Waals surface area contributed by atoms with Gasteiger partial charge >= 0.3 is 0 Å². The van der Waals surface area contributed by atoms with Gasteiger partial charge in [0.15, 0.2) is 0 Å². The van der Waals surface area contributed by atoms with Crippen molar-refractivity contribution in [3.63, 3.8) is 0 Å². The van der Waals surface area contributed by atoms with Gasteiger partial charge in [0.25, 0.3) is 7.14 Å². The van der Waals surface area contributed by atoms with E-state index in [1.807, 2.05) is 59.7 Å². The molecule has 0 saturated carbocycles. The van der Waals surface area contributed by atoms with E-state index in [0.29, 0.717) is 33.4 Å². The number of hydrogen-bond donors (Lipinski definition) is 0. The zero-order valence-electron chi connectivity index (χ0n) is 24.8. The lowest BCUT2D eigenvalue weighted by molar-refractivity contribution is 0.100. The lowest BCUT2D eigenvalue weighted by Gasteiger charge is -2.23. The standard InChI is InChI=1S/C33H39O4P/c1-16-13-19(4)28(25(10)22(16)7)31(34)38(37,32(35)29-20(5)14-17(2)23(8)26(29)11)33(36)30-21(6)15-18(3)24(9)27(30)12/h13-15H,1-12H3. The average Bonchev–Trinajstić information content (AvgIpc) is 2.83. The van der Waals surface area contributed by atoms with Crippen molar-refractivity contribution < 1.29 is 18.9 Å². The van der Waals surface area contributed by atoms with Gasteiger partial charge in [0.1, 0.15) is 0 Å². The van der Waals surface area contributed by atoms with E-state index in [1.165, 1.54) is 0 Å². The molecule has 0 radical (unpaired) electrons. The Balaban J connectivity index is 2.47. The molecule has 0 aliphatic rings. The molecule has 3 aromatic carbocycles. The molecule has 0 spiro atoms. The van der Waals surface area contributed by atoms with Crippen LogP contribution in [-0.2, 0) is 4.57 Å². The van der Waals surface area contributed by atoms with Gasteiger partial charge in [-0.05, 0) is 150 Å². The molecule has 0 amide bonds. The van der Waals surface area contributed by atoms with Crippen molar-refractivity contribution in [2.24, 2.45) is 0 Å². The van der Waals surface area contributed by atoms with E-state index in [-0.39, 0.29) is 16.7 Å². The van der Waals surface area contributed by atoms with Crippen LogP contribution in [0, 0.1) is 83.1 Å². The van der Waals surface area contributed by atoms with Crippen LogP contribution < -0.4 is 0 Å². The summed E-state index contributed by atoms with van der Waals surface area (Å²) in [4.78, 5) is 43.3. The van der Waals surface area contributed by atoms with Crippen molar-refractivity contribution in [2.75, 3.05) is 0 Å². The molecule has 0 bridgehead atoms. The topological polar surface area (TPSA) is 68.3 Å². The Bertz CT molecular complexity index is 1420. The first-order valence-electron chi connectivity index (χ1n) is 12.9. The summed E-state index contributed by atoms with van der Waals surface area (Å²) in [5, 5.41) is 0. The van der Waals surface area contributed by atoms with Crippen LogP contribution in [0.1, 0.15) is 97.8 Å². The van der Waals surface area contributed by atoms with Crippen LogP contribution >= 0.6 is 7.14 Å². The van der Waals surface area contributed by atoms with E-state index in [1.54, 1.807) is 41.5 Å². The molecule has 0 fully saturated rings. The van der Waals surface area contributed by atoms with E-state index in [9.17, 15) is 14.4 Å². The van der Waals surface area contributed by atoms with Gasteiger partial charge in [-0.3, -0.25) is 18.9 Å². The Morgan fingerprint density at radius 2 is 0.605 bits per heavy atom. The monoisotopic (exact) mass is 530 g/mol. The van der Waals surface area contributed by atoms with Crippen molar-refractivity contribution in [3.8, 4) is 0 Å². The lowest BCUT2D eigenvalue weighted by Crippen LogP contribution is -2.23. The molecule has 4 nitrogen and oxygen atoms in total. The summed E-state index contributed by atoms with van der Waals surface area (Å²) >= 11 is 0.